The molecule has 2 rings (SSSR count). The van der Waals surface area contributed by atoms with Crippen LogP contribution >= 0.6 is 0 Å². The van der Waals surface area contributed by atoms with Gasteiger partial charge in [0.05, 0.1) is 17.9 Å². The molecule has 0 aliphatic carbocycles. The van der Waals surface area contributed by atoms with Gasteiger partial charge >= 0.3 is 5.97 Å². The van der Waals surface area contributed by atoms with Crippen molar-refractivity contribution in [2.24, 2.45) is 11.7 Å². The van der Waals surface area contributed by atoms with Crippen LogP contribution in [0.1, 0.15) is 41.9 Å². The fourth-order valence-corrected chi connectivity index (χ4v) is 2.89. The first-order valence-electron chi connectivity index (χ1n) is 9.34. The lowest BCUT2D eigenvalue weighted by Crippen LogP contribution is -2.49. The van der Waals surface area contributed by atoms with Crippen LogP contribution in [0.5, 0.6) is 0 Å². The second-order valence-corrected chi connectivity index (χ2v) is 7.32. The number of amides is 1. The number of benzene rings is 1. The second kappa shape index (κ2) is 9.84. The molecular weight excluding hydrogens is 372 g/mol. The van der Waals surface area contributed by atoms with Gasteiger partial charge in [-0.15, -0.1) is 0 Å². The molecule has 2 aromatic rings. The molecule has 0 unspecified atom stereocenters. The quantitative estimate of drug-likeness (QED) is 0.418. The zero-order valence-corrected chi connectivity index (χ0v) is 16.6. The van der Waals surface area contributed by atoms with Gasteiger partial charge in [-0.3, -0.25) is 9.59 Å². The van der Waals surface area contributed by atoms with Crippen LogP contribution in [-0.2, 0) is 16.0 Å². The van der Waals surface area contributed by atoms with Crippen LogP contribution in [-0.4, -0.2) is 34.8 Å². The monoisotopic (exact) mass is 398 g/mol. The molecule has 29 heavy (non-hydrogen) atoms. The summed E-state index contributed by atoms with van der Waals surface area (Å²) >= 11 is 0. The van der Waals surface area contributed by atoms with Crippen molar-refractivity contribution in [2.75, 3.05) is 0 Å². The van der Waals surface area contributed by atoms with E-state index >= 15 is 0 Å². The topological polar surface area (TPSA) is 123 Å². The maximum atomic E-state index is 12.6. The van der Waals surface area contributed by atoms with Crippen molar-refractivity contribution in [3.63, 3.8) is 0 Å². The largest absolute Gasteiger partial charge is 0.480 e. The van der Waals surface area contributed by atoms with Gasteiger partial charge < -0.3 is 20.6 Å². The second-order valence-electron chi connectivity index (χ2n) is 7.32. The van der Waals surface area contributed by atoms with Gasteiger partial charge in [0.2, 0.25) is 5.91 Å². The number of nitrogens with two attached hydrogens (primary N) is 1. The number of carboxylic acids is 1. The average molecular weight is 398 g/mol. The minimum atomic E-state index is -1.09. The van der Waals surface area contributed by atoms with Crippen molar-refractivity contribution in [1.82, 2.24) is 5.32 Å². The highest BCUT2D eigenvalue weighted by Gasteiger charge is 2.24. The average Bonchev–Trinajstić information content (AvgIpc) is 3.20. The number of nitrogens with one attached hydrogen (secondary N) is 1. The smallest absolute Gasteiger partial charge is 0.326 e. The first-order valence-corrected chi connectivity index (χ1v) is 9.34. The fourth-order valence-electron chi connectivity index (χ4n) is 2.89. The molecule has 1 aromatic heterocycles. The molecule has 0 fully saturated rings. The van der Waals surface area contributed by atoms with Crippen LogP contribution in [0.4, 0.5) is 0 Å². The number of carbonyl (C=O) groups excluding carboxylic acids is 2. The summed E-state index contributed by atoms with van der Waals surface area (Å²) in [6, 6.07) is 8.14. The Bertz CT molecular complexity index is 886. The summed E-state index contributed by atoms with van der Waals surface area (Å²) in [6.07, 6.45) is 1.94. The molecule has 1 amide bonds. The maximum absolute atomic E-state index is 12.6. The lowest BCUT2D eigenvalue weighted by atomic mass is 9.98. The molecule has 0 saturated heterocycles. The van der Waals surface area contributed by atoms with Crippen molar-refractivity contribution in [3.05, 3.63) is 66.1 Å². The van der Waals surface area contributed by atoms with E-state index in [9.17, 15) is 19.5 Å². The first-order chi connectivity index (χ1) is 13.7. The summed E-state index contributed by atoms with van der Waals surface area (Å²) < 4.78 is 5.21. The molecule has 7 nitrogen and oxygen atoms in total. The summed E-state index contributed by atoms with van der Waals surface area (Å²) in [5.74, 6) is -1.43. The van der Waals surface area contributed by atoms with Gasteiger partial charge in [0, 0.05) is 5.56 Å². The Kier molecular flexibility index (Phi) is 7.50. The number of carbonyl (C=O) groups is 3. The third-order valence-electron chi connectivity index (χ3n) is 4.40. The third kappa shape index (κ3) is 6.15. The predicted octanol–water partition coefficient (Wildman–Crippen LogP) is 2.66. The van der Waals surface area contributed by atoms with Crippen molar-refractivity contribution in [2.45, 2.75) is 38.8 Å². The van der Waals surface area contributed by atoms with E-state index in [0.717, 1.165) is 0 Å². The lowest BCUT2D eigenvalue weighted by molar-refractivity contribution is -0.142. The highest BCUT2D eigenvalue weighted by molar-refractivity contribution is 6.27. The molecule has 7 heteroatoms. The van der Waals surface area contributed by atoms with Crippen molar-refractivity contribution >= 4 is 23.2 Å². The molecule has 1 aromatic carbocycles. The highest BCUT2D eigenvalue weighted by Crippen LogP contribution is 2.19. The Labute approximate surface area is 169 Å². The summed E-state index contributed by atoms with van der Waals surface area (Å²) in [5, 5.41) is 11.7. The zero-order chi connectivity index (χ0) is 21.6. The molecule has 4 N–H and O–H groups in total. The molecule has 0 aliphatic rings. The SMILES string of the molecule is C=C(C(=O)c1cccc(C[C@H](N)C(=O)N[C@@H](CC(C)C)C(=O)O)c1)c1ccco1. The third-order valence-corrected chi connectivity index (χ3v) is 4.40. The van der Waals surface area contributed by atoms with E-state index < -0.39 is 24.0 Å². The number of furan rings is 1. The fraction of sp³-hybridized carbons (Fsp3) is 0.318. The Morgan fingerprint density at radius 1 is 1.21 bits per heavy atom. The molecule has 2 atom stereocenters. The highest BCUT2D eigenvalue weighted by atomic mass is 16.4. The van der Waals surface area contributed by atoms with Crippen LogP contribution in [0, 0.1) is 5.92 Å². The number of hydrogen-bond acceptors (Lipinski definition) is 5. The van der Waals surface area contributed by atoms with E-state index in [1.807, 2.05) is 13.8 Å². The van der Waals surface area contributed by atoms with E-state index in [1.165, 1.54) is 6.26 Å². The van der Waals surface area contributed by atoms with E-state index in [-0.39, 0.29) is 23.7 Å². The maximum Gasteiger partial charge on any atom is 0.326 e. The number of carboxylic acid groups (broad SMARTS) is 1. The standard InChI is InChI=1S/C22H26N2O5/c1-13(2)10-18(22(27)28)24-21(26)17(23)12-15-6-4-7-16(11-15)20(25)14(3)19-8-5-9-29-19/h4-9,11,13,17-18H,3,10,12,23H2,1-2H3,(H,24,26)(H,27,28)/t17-,18-/m0/s1. The molecule has 0 radical (unpaired) electrons. The Morgan fingerprint density at radius 3 is 2.52 bits per heavy atom. The minimum absolute atomic E-state index is 0.109. The van der Waals surface area contributed by atoms with E-state index in [0.29, 0.717) is 23.3 Å². The minimum Gasteiger partial charge on any atom is -0.480 e. The molecule has 1 heterocycles. The van der Waals surface area contributed by atoms with Gasteiger partial charge in [0.15, 0.2) is 5.78 Å². The summed E-state index contributed by atoms with van der Waals surface area (Å²) in [4.78, 5) is 36.3. The van der Waals surface area contributed by atoms with E-state index in [4.69, 9.17) is 10.2 Å². The lowest BCUT2D eigenvalue weighted by Gasteiger charge is -2.19. The Morgan fingerprint density at radius 2 is 1.93 bits per heavy atom. The summed E-state index contributed by atoms with van der Waals surface area (Å²) in [6.45, 7) is 7.53. The molecular formula is C22H26N2O5. The Balaban J connectivity index is 2.05. The normalized spacial score (nSPS) is 13.0. The van der Waals surface area contributed by atoms with Gasteiger partial charge in [-0.05, 0) is 42.5 Å². The number of aliphatic carboxylic acids is 1. The molecule has 0 spiro atoms. The van der Waals surface area contributed by atoms with Crippen LogP contribution < -0.4 is 11.1 Å². The van der Waals surface area contributed by atoms with Gasteiger partial charge in [0.25, 0.3) is 0 Å². The van der Waals surface area contributed by atoms with E-state index in [1.54, 1.807) is 36.4 Å². The van der Waals surface area contributed by atoms with Crippen LogP contribution in [0.15, 0.2) is 53.7 Å². The van der Waals surface area contributed by atoms with Crippen molar-refractivity contribution in [3.8, 4) is 0 Å². The van der Waals surface area contributed by atoms with Crippen LogP contribution in [0.25, 0.3) is 5.57 Å². The molecule has 154 valence electrons. The van der Waals surface area contributed by atoms with Gasteiger partial charge in [-0.25, -0.2) is 4.79 Å². The predicted molar refractivity (Wildman–Crippen MR) is 109 cm³/mol. The van der Waals surface area contributed by atoms with Crippen LogP contribution in [0.3, 0.4) is 0 Å². The van der Waals surface area contributed by atoms with E-state index in [2.05, 4.69) is 11.9 Å². The van der Waals surface area contributed by atoms with Gasteiger partial charge in [0.1, 0.15) is 11.8 Å². The van der Waals surface area contributed by atoms with Crippen LogP contribution in [0.2, 0.25) is 0 Å². The first kappa shape index (κ1) is 22.1. The number of hydrogen-bond donors (Lipinski definition) is 3. The summed E-state index contributed by atoms with van der Waals surface area (Å²) in [7, 11) is 0. The zero-order valence-electron chi connectivity index (χ0n) is 16.6. The molecule has 0 aliphatic heterocycles. The van der Waals surface area contributed by atoms with Gasteiger partial charge in [-0.1, -0.05) is 38.6 Å². The van der Waals surface area contributed by atoms with Crippen molar-refractivity contribution in [1.29, 1.82) is 0 Å². The number of rotatable bonds is 10. The number of Topliss-reactive ketones (excluding diaryl/α,β-unsaturated/α-hetero) is 1. The molecule has 0 bridgehead atoms. The number of ketones is 1. The van der Waals surface area contributed by atoms with Crippen molar-refractivity contribution < 1.29 is 23.9 Å². The molecule has 0 saturated carbocycles. The Hall–Kier alpha value is -3.19. The summed E-state index contributed by atoms with van der Waals surface area (Å²) in [5.41, 5.74) is 7.28. The number of allylic oxidation sites excluding steroid dienone is 1. The van der Waals surface area contributed by atoms with Gasteiger partial charge in [-0.2, -0.15) is 0 Å².